The number of hydrogen-bond donors (Lipinski definition) is 2. The molecule has 0 radical (unpaired) electrons. The average molecular weight is 410 g/mol. The van der Waals surface area contributed by atoms with Gasteiger partial charge in [-0.2, -0.15) is 0 Å². The zero-order valence-electron chi connectivity index (χ0n) is 15.0. The summed E-state index contributed by atoms with van der Waals surface area (Å²) in [6, 6.07) is 14.8. The SMILES string of the molecule is CN(c1ccccc1)S(=O)(=O)c1ccc(C(=O)NC(CN)C2CC2)cc1.Cl. The van der Waals surface area contributed by atoms with Gasteiger partial charge in [0.15, 0.2) is 0 Å². The van der Waals surface area contributed by atoms with Crippen LogP contribution in [0.1, 0.15) is 23.2 Å². The number of carbonyl (C=O) groups is 1. The van der Waals surface area contributed by atoms with E-state index in [0.717, 1.165) is 12.8 Å². The molecule has 1 saturated carbocycles. The van der Waals surface area contributed by atoms with Crippen LogP contribution < -0.4 is 15.4 Å². The van der Waals surface area contributed by atoms with Gasteiger partial charge >= 0.3 is 0 Å². The number of hydrogen-bond acceptors (Lipinski definition) is 4. The van der Waals surface area contributed by atoms with Crippen LogP contribution in [0.15, 0.2) is 59.5 Å². The van der Waals surface area contributed by atoms with Crippen LogP contribution in [-0.4, -0.2) is 34.0 Å². The maximum atomic E-state index is 12.7. The van der Waals surface area contributed by atoms with E-state index in [9.17, 15) is 13.2 Å². The van der Waals surface area contributed by atoms with Crippen LogP contribution in [0.5, 0.6) is 0 Å². The highest BCUT2D eigenvalue weighted by molar-refractivity contribution is 7.92. The predicted molar refractivity (Wildman–Crippen MR) is 109 cm³/mol. The summed E-state index contributed by atoms with van der Waals surface area (Å²) in [5, 5.41) is 2.93. The second-order valence-electron chi connectivity index (χ2n) is 6.49. The zero-order chi connectivity index (χ0) is 18.7. The van der Waals surface area contributed by atoms with Gasteiger partial charge in [-0.3, -0.25) is 9.10 Å². The van der Waals surface area contributed by atoms with Crippen molar-refractivity contribution < 1.29 is 13.2 Å². The van der Waals surface area contributed by atoms with E-state index in [1.165, 1.54) is 35.6 Å². The number of benzene rings is 2. The van der Waals surface area contributed by atoms with Gasteiger partial charge in [0.25, 0.3) is 15.9 Å². The summed E-state index contributed by atoms with van der Waals surface area (Å²) in [6.07, 6.45) is 2.18. The van der Waals surface area contributed by atoms with Gasteiger partial charge in [0.1, 0.15) is 0 Å². The highest BCUT2D eigenvalue weighted by Gasteiger charge is 2.31. The number of sulfonamides is 1. The lowest BCUT2D eigenvalue weighted by molar-refractivity contribution is 0.0933. The Labute approximate surface area is 166 Å². The van der Waals surface area contributed by atoms with Gasteiger partial charge in [-0.05, 0) is 55.2 Å². The lowest BCUT2D eigenvalue weighted by Gasteiger charge is -2.20. The minimum atomic E-state index is -3.68. The summed E-state index contributed by atoms with van der Waals surface area (Å²) in [5.41, 5.74) is 6.71. The molecule has 1 amide bonds. The van der Waals surface area contributed by atoms with Crippen LogP contribution >= 0.6 is 12.4 Å². The number of halogens is 1. The van der Waals surface area contributed by atoms with Crippen LogP contribution in [0, 0.1) is 5.92 Å². The fourth-order valence-corrected chi connectivity index (χ4v) is 4.03. The molecule has 2 aromatic carbocycles. The molecule has 0 bridgehead atoms. The monoisotopic (exact) mass is 409 g/mol. The van der Waals surface area contributed by atoms with E-state index in [-0.39, 0.29) is 29.3 Å². The highest BCUT2D eigenvalue weighted by atomic mass is 35.5. The van der Waals surface area contributed by atoms with Crippen molar-refractivity contribution in [3.05, 3.63) is 60.2 Å². The van der Waals surface area contributed by atoms with Crippen molar-refractivity contribution in [1.29, 1.82) is 0 Å². The Kier molecular flexibility index (Phi) is 6.86. The molecule has 1 fully saturated rings. The summed E-state index contributed by atoms with van der Waals surface area (Å²) in [6.45, 7) is 0.407. The third-order valence-electron chi connectivity index (χ3n) is 4.66. The summed E-state index contributed by atoms with van der Waals surface area (Å²) in [5.74, 6) is 0.232. The van der Waals surface area contributed by atoms with Crippen LogP contribution in [0.25, 0.3) is 0 Å². The normalized spacial score (nSPS) is 14.7. The van der Waals surface area contributed by atoms with Crippen LogP contribution in [-0.2, 0) is 10.0 Å². The maximum Gasteiger partial charge on any atom is 0.264 e. The van der Waals surface area contributed by atoms with Crippen LogP contribution in [0.4, 0.5) is 5.69 Å². The van der Waals surface area contributed by atoms with Crippen LogP contribution in [0.2, 0.25) is 0 Å². The Hall–Kier alpha value is -2.09. The Morgan fingerprint density at radius 2 is 1.74 bits per heavy atom. The Balaban J connectivity index is 0.00000261. The molecule has 2 aromatic rings. The fourth-order valence-electron chi connectivity index (χ4n) is 2.83. The second kappa shape index (κ2) is 8.73. The number of carbonyl (C=O) groups excluding carboxylic acids is 1. The van der Waals surface area contributed by atoms with Crippen LogP contribution in [0.3, 0.4) is 0 Å². The van der Waals surface area contributed by atoms with E-state index in [1.54, 1.807) is 24.3 Å². The first kappa shape index (κ1) is 21.2. The molecule has 146 valence electrons. The number of amides is 1. The molecule has 3 N–H and O–H groups in total. The Bertz CT molecular complexity index is 869. The standard InChI is InChI=1S/C19H23N3O3S.ClH/c1-22(16-5-3-2-4-6-16)26(24,25)17-11-9-15(10-12-17)19(23)21-18(13-20)14-7-8-14;/h2-6,9-12,14,18H,7-8,13,20H2,1H3,(H,21,23);1H. The number of nitrogens with zero attached hydrogens (tertiary/aromatic N) is 1. The molecule has 0 saturated heterocycles. The molecular formula is C19H24ClN3O3S. The first-order chi connectivity index (χ1) is 12.4. The summed E-state index contributed by atoms with van der Waals surface area (Å²) in [4.78, 5) is 12.5. The molecule has 0 spiro atoms. The van der Waals surface area contributed by atoms with Crippen molar-refractivity contribution in [2.24, 2.45) is 11.7 Å². The number of anilines is 1. The molecule has 1 unspecified atom stereocenters. The quantitative estimate of drug-likeness (QED) is 0.734. The van der Waals surface area contributed by atoms with E-state index in [2.05, 4.69) is 5.32 Å². The predicted octanol–water partition coefficient (Wildman–Crippen LogP) is 2.40. The Morgan fingerprint density at radius 1 is 1.15 bits per heavy atom. The summed E-state index contributed by atoms with van der Waals surface area (Å²) >= 11 is 0. The minimum absolute atomic E-state index is 0. The van der Waals surface area contributed by atoms with Crippen molar-refractivity contribution >= 4 is 34.0 Å². The smallest absolute Gasteiger partial charge is 0.264 e. The molecule has 1 aliphatic rings. The van der Waals surface area contributed by atoms with Gasteiger partial charge in [-0.1, -0.05) is 18.2 Å². The van der Waals surface area contributed by atoms with Crippen molar-refractivity contribution in [1.82, 2.24) is 5.32 Å². The molecule has 1 aliphatic carbocycles. The molecule has 6 nitrogen and oxygen atoms in total. The summed E-state index contributed by atoms with van der Waals surface area (Å²) in [7, 11) is -2.18. The van der Waals surface area contributed by atoms with Crippen molar-refractivity contribution in [3.8, 4) is 0 Å². The third-order valence-corrected chi connectivity index (χ3v) is 6.46. The molecule has 0 aliphatic heterocycles. The summed E-state index contributed by atoms with van der Waals surface area (Å²) < 4.78 is 26.7. The maximum absolute atomic E-state index is 12.7. The van der Waals surface area contributed by atoms with E-state index < -0.39 is 10.0 Å². The largest absolute Gasteiger partial charge is 0.348 e. The number of rotatable bonds is 7. The fraction of sp³-hybridized carbons (Fsp3) is 0.316. The van der Waals surface area contributed by atoms with Gasteiger partial charge in [0.2, 0.25) is 0 Å². The topological polar surface area (TPSA) is 92.5 Å². The second-order valence-corrected chi connectivity index (χ2v) is 8.45. The Morgan fingerprint density at radius 3 is 2.26 bits per heavy atom. The van der Waals surface area contributed by atoms with Crippen molar-refractivity contribution in [2.45, 2.75) is 23.8 Å². The molecule has 27 heavy (non-hydrogen) atoms. The minimum Gasteiger partial charge on any atom is -0.348 e. The number of nitrogens with one attached hydrogen (secondary N) is 1. The van der Waals surface area contributed by atoms with Gasteiger partial charge in [0.05, 0.1) is 10.6 Å². The lowest BCUT2D eigenvalue weighted by Crippen LogP contribution is -2.41. The van der Waals surface area contributed by atoms with E-state index in [0.29, 0.717) is 23.7 Å². The van der Waals surface area contributed by atoms with Gasteiger partial charge in [0, 0.05) is 25.2 Å². The molecule has 1 atom stereocenters. The van der Waals surface area contributed by atoms with Crippen molar-refractivity contribution in [3.63, 3.8) is 0 Å². The van der Waals surface area contributed by atoms with Gasteiger partial charge in [-0.25, -0.2) is 8.42 Å². The van der Waals surface area contributed by atoms with E-state index in [4.69, 9.17) is 5.73 Å². The molecular weight excluding hydrogens is 386 g/mol. The zero-order valence-corrected chi connectivity index (χ0v) is 16.7. The molecule has 3 rings (SSSR count). The highest BCUT2D eigenvalue weighted by Crippen LogP contribution is 2.32. The molecule has 0 aromatic heterocycles. The lowest BCUT2D eigenvalue weighted by atomic mass is 10.1. The molecule has 8 heteroatoms. The van der Waals surface area contributed by atoms with Gasteiger partial charge in [-0.15, -0.1) is 12.4 Å². The number of nitrogens with two attached hydrogens (primary N) is 1. The third kappa shape index (κ3) is 4.80. The first-order valence-electron chi connectivity index (χ1n) is 8.58. The molecule has 0 heterocycles. The van der Waals surface area contributed by atoms with E-state index in [1.807, 2.05) is 6.07 Å². The van der Waals surface area contributed by atoms with E-state index >= 15 is 0 Å². The van der Waals surface area contributed by atoms with Gasteiger partial charge < -0.3 is 11.1 Å². The first-order valence-corrected chi connectivity index (χ1v) is 10.0. The van der Waals surface area contributed by atoms with Crippen molar-refractivity contribution in [2.75, 3.05) is 17.9 Å². The average Bonchev–Trinajstić information content (AvgIpc) is 3.51. The number of para-hydroxylation sites is 1.